The zero-order valence-corrected chi connectivity index (χ0v) is 13.1. The molecule has 4 nitrogen and oxygen atoms in total. The fraction of sp³-hybridized carbons (Fsp3) is 0.429. The molecule has 0 spiro atoms. The average Bonchev–Trinajstić information content (AvgIpc) is 2.36. The molecule has 6 heteroatoms. The summed E-state index contributed by atoms with van der Waals surface area (Å²) in [5, 5.41) is 2.68. The second kappa shape index (κ2) is 5.52. The number of amides is 2. The van der Waals surface area contributed by atoms with Gasteiger partial charge in [0, 0.05) is 4.47 Å². The van der Waals surface area contributed by atoms with Crippen LogP contribution < -0.4 is 10.2 Å². The maximum atomic E-state index is 14.1. The van der Waals surface area contributed by atoms with E-state index in [1.54, 1.807) is 13.0 Å². The van der Waals surface area contributed by atoms with Crippen molar-refractivity contribution in [2.75, 3.05) is 4.90 Å². The Bertz CT molecular complexity index is 562. The van der Waals surface area contributed by atoms with Crippen LogP contribution in [0.1, 0.15) is 20.8 Å². The SMILES string of the molecule is CC(C)C1NC(=O)C(C)N(c2ccc(Br)cc2F)C1=O. The minimum Gasteiger partial charge on any atom is -0.342 e. The maximum Gasteiger partial charge on any atom is 0.250 e. The lowest BCUT2D eigenvalue weighted by Gasteiger charge is -2.38. The van der Waals surface area contributed by atoms with Gasteiger partial charge < -0.3 is 5.32 Å². The van der Waals surface area contributed by atoms with Crippen molar-refractivity contribution in [3.8, 4) is 0 Å². The Balaban J connectivity index is 2.46. The van der Waals surface area contributed by atoms with Gasteiger partial charge in [0.05, 0.1) is 5.69 Å². The molecular formula is C14H16BrFN2O2. The monoisotopic (exact) mass is 342 g/mol. The van der Waals surface area contributed by atoms with Crippen LogP contribution in [-0.2, 0) is 9.59 Å². The Hall–Kier alpha value is -1.43. The van der Waals surface area contributed by atoms with Crippen molar-refractivity contribution in [2.45, 2.75) is 32.9 Å². The second-order valence-corrected chi connectivity index (χ2v) is 6.13. The van der Waals surface area contributed by atoms with Crippen LogP contribution in [0.2, 0.25) is 0 Å². The number of nitrogens with one attached hydrogen (secondary N) is 1. The quantitative estimate of drug-likeness (QED) is 0.897. The number of rotatable bonds is 2. The summed E-state index contributed by atoms with van der Waals surface area (Å²) in [7, 11) is 0. The number of carbonyl (C=O) groups is 2. The molecule has 1 aliphatic rings. The summed E-state index contributed by atoms with van der Waals surface area (Å²) in [4.78, 5) is 25.7. The van der Waals surface area contributed by atoms with Gasteiger partial charge in [0.2, 0.25) is 5.91 Å². The summed E-state index contributed by atoms with van der Waals surface area (Å²) < 4.78 is 14.7. The lowest BCUT2D eigenvalue weighted by Crippen LogP contribution is -2.64. The summed E-state index contributed by atoms with van der Waals surface area (Å²) in [5.74, 6) is -1.14. The largest absolute Gasteiger partial charge is 0.342 e. The molecule has 0 radical (unpaired) electrons. The number of carbonyl (C=O) groups excluding carboxylic acids is 2. The maximum absolute atomic E-state index is 14.1. The molecule has 1 heterocycles. The third-order valence-electron chi connectivity index (χ3n) is 3.40. The molecule has 2 atom stereocenters. The summed E-state index contributed by atoms with van der Waals surface area (Å²) >= 11 is 3.17. The Labute approximate surface area is 125 Å². The number of hydrogen-bond donors (Lipinski definition) is 1. The first-order valence-electron chi connectivity index (χ1n) is 6.41. The van der Waals surface area contributed by atoms with Crippen molar-refractivity contribution in [1.29, 1.82) is 0 Å². The third kappa shape index (κ3) is 2.57. The molecule has 0 aliphatic carbocycles. The van der Waals surface area contributed by atoms with E-state index in [9.17, 15) is 14.0 Å². The van der Waals surface area contributed by atoms with E-state index in [0.29, 0.717) is 4.47 Å². The first-order valence-corrected chi connectivity index (χ1v) is 7.20. The van der Waals surface area contributed by atoms with Crippen LogP contribution in [0.4, 0.5) is 10.1 Å². The van der Waals surface area contributed by atoms with Crippen molar-refractivity contribution in [2.24, 2.45) is 5.92 Å². The van der Waals surface area contributed by atoms with E-state index in [1.807, 2.05) is 13.8 Å². The molecule has 2 unspecified atom stereocenters. The van der Waals surface area contributed by atoms with Gasteiger partial charge in [-0.2, -0.15) is 0 Å². The van der Waals surface area contributed by atoms with Gasteiger partial charge >= 0.3 is 0 Å². The van der Waals surface area contributed by atoms with Crippen molar-refractivity contribution in [3.05, 3.63) is 28.5 Å². The fourth-order valence-electron chi connectivity index (χ4n) is 2.25. The van der Waals surface area contributed by atoms with E-state index in [-0.39, 0.29) is 23.4 Å². The molecule has 1 fully saturated rings. The number of anilines is 1. The van der Waals surface area contributed by atoms with Crippen LogP contribution >= 0.6 is 15.9 Å². The van der Waals surface area contributed by atoms with Gasteiger partial charge in [-0.15, -0.1) is 0 Å². The fourth-order valence-corrected chi connectivity index (χ4v) is 2.58. The smallest absolute Gasteiger partial charge is 0.250 e. The summed E-state index contributed by atoms with van der Waals surface area (Å²) in [5.41, 5.74) is 0.131. The normalized spacial score (nSPS) is 23.2. The molecule has 1 aromatic rings. The summed E-state index contributed by atoms with van der Waals surface area (Å²) in [6.45, 7) is 5.27. The molecule has 108 valence electrons. The van der Waals surface area contributed by atoms with Crippen LogP contribution in [-0.4, -0.2) is 23.9 Å². The Morgan fingerprint density at radius 2 is 2.00 bits per heavy atom. The van der Waals surface area contributed by atoms with Gasteiger partial charge in [0.1, 0.15) is 17.9 Å². The first kappa shape index (κ1) is 15.0. The standard InChI is InChI=1S/C14H16BrFN2O2/c1-7(2)12-14(20)18(8(3)13(19)17-12)11-5-4-9(15)6-10(11)16/h4-8,12H,1-3H3,(H,17,19). The van der Waals surface area contributed by atoms with Gasteiger partial charge in [-0.1, -0.05) is 29.8 Å². The highest BCUT2D eigenvalue weighted by Crippen LogP contribution is 2.28. The third-order valence-corrected chi connectivity index (χ3v) is 3.90. The van der Waals surface area contributed by atoms with Gasteiger partial charge in [-0.05, 0) is 31.0 Å². The molecule has 0 saturated carbocycles. The minimum atomic E-state index is -0.729. The van der Waals surface area contributed by atoms with Crippen LogP contribution in [0.25, 0.3) is 0 Å². The molecule has 1 aromatic carbocycles. The molecule has 0 aromatic heterocycles. The molecule has 1 N–H and O–H groups in total. The van der Waals surface area contributed by atoms with E-state index >= 15 is 0 Å². The van der Waals surface area contributed by atoms with Crippen molar-refractivity contribution in [3.63, 3.8) is 0 Å². The molecule has 20 heavy (non-hydrogen) atoms. The topological polar surface area (TPSA) is 49.4 Å². The highest BCUT2D eigenvalue weighted by atomic mass is 79.9. The number of halogens is 2. The van der Waals surface area contributed by atoms with Crippen molar-refractivity contribution in [1.82, 2.24) is 5.32 Å². The van der Waals surface area contributed by atoms with Crippen LogP contribution in [0.5, 0.6) is 0 Å². The predicted octanol–water partition coefficient (Wildman–Crippen LogP) is 2.46. The highest BCUT2D eigenvalue weighted by molar-refractivity contribution is 9.10. The molecular weight excluding hydrogens is 327 g/mol. The molecule has 0 bridgehead atoms. The second-order valence-electron chi connectivity index (χ2n) is 5.21. The molecule has 2 rings (SSSR count). The van der Waals surface area contributed by atoms with E-state index in [4.69, 9.17) is 0 Å². The van der Waals surface area contributed by atoms with Gasteiger partial charge in [-0.3, -0.25) is 14.5 Å². The Morgan fingerprint density at radius 3 is 2.55 bits per heavy atom. The van der Waals surface area contributed by atoms with E-state index in [0.717, 1.165) is 0 Å². The predicted molar refractivity (Wildman–Crippen MR) is 77.8 cm³/mol. The average molecular weight is 343 g/mol. The number of piperazine rings is 1. The van der Waals surface area contributed by atoms with Crippen LogP contribution in [0.3, 0.4) is 0 Å². The van der Waals surface area contributed by atoms with Crippen molar-refractivity contribution >= 4 is 33.4 Å². The molecule has 1 saturated heterocycles. The summed E-state index contributed by atoms with van der Waals surface area (Å²) in [6, 6.07) is 3.08. The highest BCUT2D eigenvalue weighted by Gasteiger charge is 2.41. The van der Waals surface area contributed by atoms with Crippen LogP contribution in [0.15, 0.2) is 22.7 Å². The number of nitrogens with zero attached hydrogens (tertiary/aromatic N) is 1. The lowest BCUT2D eigenvalue weighted by molar-refractivity contribution is -0.134. The van der Waals surface area contributed by atoms with Crippen LogP contribution in [0, 0.1) is 11.7 Å². The lowest BCUT2D eigenvalue weighted by atomic mass is 9.97. The molecule has 2 amide bonds. The molecule has 1 aliphatic heterocycles. The van der Waals surface area contributed by atoms with E-state index < -0.39 is 17.9 Å². The minimum absolute atomic E-state index is 0.0556. The number of benzene rings is 1. The van der Waals surface area contributed by atoms with Gasteiger partial charge in [0.25, 0.3) is 5.91 Å². The van der Waals surface area contributed by atoms with E-state index in [1.165, 1.54) is 17.0 Å². The Morgan fingerprint density at radius 1 is 1.35 bits per heavy atom. The first-order chi connectivity index (χ1) is 9.32. The summed E-state index contributed by atoms with van der Waals surface area (Å²) in [6.07, 6.45) is 0. The zero-order chi connectivity index (χ0) is 15.0. The Kier molecular flexibility index (Phi) is 4.13. The van der Waals surface area contributed by atoms with Gasteiger partial charge in [0.15, 0.2) is 0 Å². The zero-order valence-electron chi connectivity index (χ0n) is 11.5. The number of hydrogen-bond acceptors (Lipinski definition) is 2. The van der Waals surface area contributed by atoms with E-state index in [2.05, 4.69) is 21.2 Å². The van der Waals surface area contributed by atoms with Crippen molar-refractivity contribution < 1.29 is 14.0 Å². The van der Waals surface area contributed by atoms with Gasteiger partial charge in [-0.25, -0.2) is 4.39 Å².